The summed E-state index contributed by atoms with van der Waals surface area (Å²) in [5.41, 5.74) is 0.529. The largest absolute Gasteiger partial charge is 0.416 e. The Bertz CT molecular complexity index is 736. The van der Waals surface area contributed by atoms with Gasteiger partial charge in [0.1, 0.15) is 0 Å². The summed E-state index contributed by atoms with van der Waals surface area (Å²) in [4.78, 5) is 6.86. The van der Waals surface area contributed by atoms with Crippen molar-refractivity contribution >= 4 is 5.82 Å². The number of piperazine rings is 1. The van der Waals surface area contributed by atoms with Crippen LogP contribution in [0, 0.1) is 0 Å². The number of aromatic nitrogens is 2. The average molecular weight is 393 g/mol. The molecule has 0 amide bonds. The quantitative estimate of drug-likeness (QED) is 0.753. The zero-order valence-corrected chi connectivity index (χ0v) is 16.3. The fourth-order valence-corrected chi connectivity index (χ4v) is 3.29. The molecule has 2 heterocycles. The van der Waals surface area contributed by atoms with Crippen LogP contribution in [0.4, 0.5) is 19.0 Å². The molecule has 1 aliphatic rings. The monoisotopic (exact) mass is 393 g/mol. The number of benzene rings is 1. The molecule has 1 aromatic carbocycles. The first-order chi connectivity index (χ1) is 13.3. The third-order valence-corrected chi connectivity index (χ3v) is 4.93. The molecule has 5 nitrogen and oxygen atoms in total. The van der Waals surface area contributed by atoms with Crippen molar-refractivity contribution in [3.63, 3.8) is 0 Å². The zero-order valence-electron chi connectivity index (χ0n) is 16.3. The van der Waals surface area contributed by atoms with Crippen LogP contribution in [-0.2, 0) is 6.18 Å². The van der Waals surface area contributed by atoms with Crippen LogP contribution in [-0.4, -0.2) is 73.4 Å². The Labute approximate surface area is 163 Å². The molecule has 0 saturated carbocycles. The lowest BCUT2D eigenvalue weighted by atomic mass is 10.1. The van der Waals surface area contributed by atoms with Gasteiger partial charge >= 0.3 is 6.18 Å². The minimum atomic E-state index is -4.33. The molecule has 0 unspecified atom stereocenters. The maximum atomic E-state index is 12.7. The summed E-state index contributed by atoms with van der Waals surface area (Å²) in [6.45, 7) is 5.99. The smallest absolute Gasteiger partial charge is 0.353 e. The molecule has 0 radical (unpaired) electrons. The van der Waals surface area contributed by atoms with Crippen LogP contribution in [0.25, 0.3) is 11.3 Å². The summed E-state index contributed by atoms with van der Waals surface area (Å²) in [6.07, 6.45) is -3.17. The SMILES string of the molecule is CN(C)CCCN1CCN(c2ccc(-c3ccc(C(F)(F)F)cc3)nn2)CC1. The molecule has 0 N–H and O–H groups in total. The number of halogens is 3. The van der Waals surface area contributed by atoms with Crippen molar-refractivity contribution < 1.29 is 13.2 Å². The van der Waals surface area contributed by atoms with E-state index in [0.29, 0.717) is 11.3 Å². The minimum absolute atomic E-state index is 0.569. The molecule has 1 aromatic heterocycles. The van der Waals surface area contributed by atoms with E-state index in [1.807, 2.05) is 12.1 Å². The number of hydrogen-bond donors (Lipinski definition) is 0. The van der Waals surface area contributed by atoms with Gasteiger partial charge in [-0.05, 0) is 57.9 Å². The first-order valence-corrected chi connectivity index (χ1v) is 9.46. The molecule has 0 atom stereocenters. The van der Waals surface area contributed by atoms with Crippen LogP contribution in [0.5, 0.6) is 0 Å². The molecule has 0 bridgehead atoms. The maximum Gasteiger partial charge on any atom is 0.416 e. The van der Waals surface area contributed by atoms with E-state index in [-0.39, 0.29) is 0 Å². The molecule has 1 fully saturated rings. The second-order valence-electron chi connectivity index (χ2n) is 7.34. The van der Waals surface area contributed by atoms with Crippen LogP contribution >= 0.6 is 0 Å². The van der Waals surface area contributed by atoms with Gasteiger partial charge in [-0.15, -0.1) is 10.2 Å². The van der Waals surface area contributed by atoms with E-state index in [9.17, 15) is 13.2 Å². The fraction of sp³-hybridized carbons (Fsp3) is 0.500. The second-order valence-corrected chi connectivity index (χ2v) is 7.34. The van der Waals surface area contributed by atoms with Crippen molar-refractivity contribution in [2.45, 2.75) is 12.6 Å². The summed E-state index contributed by atoms with van der Waals surface area (Å²) < 4.78 is 38.0. The van der Waals surface area contributed by atoms with Crippen molar-refractivity contribution in [1.29, 1.82) is 0 Å². The van der Waals surface area contributed by atoms with Gasteiger partial charge in [-0.25, -0.2) is 0 Å². The molecule has 152 valence electrons. The highest BCUT2D eigenvalue weighted by Crippen LogP contribution is 2.30. The van der Waals surface area contributed by atoms with E-state index < -0.39 is 11.7 Å². The third kappa shape index (κ3) is 5.42. The molecular weight excluding hydrogens is 367 g/mol. The number of hydrogen-bond acceptors (Lipinski definition) is 5. The average Bonchev–Trinajstić information content (AvgIpc) is 2.68. The Kier molecular flexibility index (Phi) is 6.51. The highest BCUT2D eigenvalue weighted by Gasteiger charge is 2.30. The van der Waals surface area contributed by atoms with Gasteiger partial charge in [0.05, 0.1) is 11.3 Å². The van der Waals surface area contributed by atoms with Gasteiger partial charge in [-0.2, -0.15) is 13.2 Å². The Morgan fingerprint density at radius 3 is 2.14 bits per heavy atom. The third-order valence-electron chi connectivity index (χ3n) is 4.93. The molecule has 28 heavy (non-hydrogen) atoms. The van der Waals surface area contributed by atoms with Crippen LogP contribution in [0.15, 0.2) is 36.4 Å². The highest BCUT2D eigenvalue weighted by atomic mass is 19.4. The van der Waals surface area contributed by atoms with Gasteiger partial charge in [0, 0.05) is 31.7 Å². The van der Waals surface area contributed by atoms with E-state index in [1.54, 1.807) is 0 Å². The van der Waals surface area contributed by atoms with E-state index in [4.69, 9.17) is 0 Å². The Morgan fingerprint density at radius 2 is 1.61 bits per heavy atom. The summed E-state index contributed by atoms with van der Waals surface area (Å²) in [6, 6.07) is 8.70. The number of rotatable bonds is 6. The predicted octanol–water partition coefficient (Wildman–Crippen LogP) is 3.24. The lowest BCUT2D eigenvalue weighted by Crippen LogP contribution is -2.47. The van der Waals surface area contributed by atoms with Crippen molar-refractivity contribution in [2.24, 2.45) is 0 Å². The molecule has 8 heteroatoms. The predicted molar refractivity (Wildman–Crippen MR) is 104 cm³/mol. The van der Waals surface area contributed by atoms with Gasteiger partial charge in [-0.3, -0.25) is 4.90 Å². The van der Waals surface area contributed by atoms with E-state index in [1.165, 1.54) is 12.1 Å². The summed E-state index contributed by atoms with van der Waals surface area (Å²) >= 11 is 0. The molecule has 0 spiro atoms. The lowest BCUT2D eigenvalue weighted by molar-refractivity contribution is -0.137. The van der Waals surface area contributed by atoms with Crippen LogP contribution in [0.3, 0.4) is 0 Å². The Balaban J connectivity index is 1.55. The van der Waals surface area contributed by atoms with Crippen LogP contribution in [0.1, 0.15) is 12.0 Å². The van der Waals surface area contributed by atoms with Crippen molar-refractivity contribution in [3.05, 3.63) is 42.0 Å². The number of alkyl halides is 3. The topological polar surface area (TPSA) is 35.5 Å². The summed E-state index contributed by atoms with van der Waals surface area (Å²) in [7, 11) is 4.18. The van der Waals surface area contributed by atoms with Crippen molar-refractivity contribution in [3.8, 4) is 11.3 Å². The standard InChI is InChI=1S/C20H26F3N5/c1-26(2)10-3-11-27-12-14-28(15-13-27)19-9-8-18(24-25-19)16-4-6-17(7-5-16)20(21,22)23/h4-9H,3,10-15H2,1-2H3. The van der Waals surface area contributed by atoms with E-state index in [2.05, 4.69) is 39.0 Å². The lowest BCUT2D eigenvalue weighted by Gasteiger charge is -2.35. The number of nitrogens with zero attached hydrogens (tertiary/aromatic N) is 5. The van der Waals surface area contributed by atoms with Gasteiger partial charge in [0.2, 0.25) is 0 Å². The van der Waals surface area contributed by atoms with Crippen LogP contribution in [0.2, 0.25) is 0 Å². The molecule has 1 aliphatic heterocycles. The normalized spacial score (nSPS) is 16.0. The first kappa shape index (κ1) is 20.5. The summed E-state index contributed by atoms with van der Waals surface area (Å²) in [5, 5.41) is 8.50. The van der Waals surface area contributed by atoms with Gasteiger partial charge < -0.3 is 9.80 Å². The summed E-state index contributed by atoms with van der Waals surface area (Å²) in [5.74, 6) is 0.809. The van der Waals surface area contributed by atoms with E-state index >= 15 is 0 Å². The Hall–Kier alpha value is -2.19. The Morgan fingerprint density at radius 1 is 0.929 bits per heavy atom. The van der Waals surface area contributed by atoms with Gasteiger partial charge in [-0.1, -0.05) is 12.1 Å². The van der Waals surface area contributed by atoms with Crippen LogP contribution < -0.4 is 4.90 Å². The fourth-order valence-electron chi connectivity index (χ4n) is 3.29. The molecule has 1 saturated heterocycles. The molecule has 3 rings (SSSR count). The van der Waals surface area contributed by atoms with E-state index in [0.717, 1.165) is 63.6 Å². The number of anilines is 1. The zero-order chi connectivity index (χ0) is 20.1. The molecular formula is C20H26F3N5. The first-order valence-electron chi connectivity index (χ1n) is 9.46. The highest BCUT2D eigenvalue weighted by molar-refractivity contribution is 5.60. The van der Waals surface area contributed by atoms with Gasteiger partial charge in [0.25, 0.3) is 0 Å². The van der Waals surface area contributed by atoms with Crippen molar-refractivity contribution in [1.82, 2.24) is 20.0 Å². The molecule has 0 aliphatic carbocycles. The second kappa shape index (κ2) is 8.87. The maximum absolute atomic E-state index is 12.7. The molecule has 2 aromatic rings. The minimum Gasteiger partial charge on any atom is -0.353 e. The van der Waals surface area contributed by atoms with Crippen molar-refractivity contribution in [2.75, 3.05) is 58.3 Å². The van der Waals surface area contributed by atoms with Gasteiger partial charge in [0.15, 0.2) is 5.82 Å².